The van der Waals surface area contributed by atoms with E-state index in [-0.39, 0.29) is 0 Å². The highest BCUT2D eigenvalue weighted by Gasteiger charge is 2.12. The van der Waals surface area contributed by atoms with E-state index < -0.39 is 0 Å². The SMILES string of the molecule is CCC(CSC)N(C)c1ccc(N)nc1. The first-order chi connectivity index (χ1) is 7.19. The number of thioether (sulfide) groups is 1. The van der Waals surface area contributed by atoms with Crippen LogP contribution in [0.4, 0.5) is 11.5 Å². The molecule has 1 rings (SSSR count). The number of aromatic nitrogens is 1. The molecule has 0 fully saturated rings. The van der Waals surface area contributed by atoms with Crippen molar-refractivity contribution in [2.24, 2.45) is 0 Å². The molecule has 0 aliphatic carbocycles. The molecule has 1 atom stereocenters. The molecule has 0 spiro atoms. The predicted octanol–water partition coefficient (Wildman–Crippen LogP) is 2.24. The fraction of sp³-hybridized carbons (Fsp3) is 0.545. The van der Waals surface area contributed by atoms with Crippen LogP contribution in [0.1, 0.15) is 13.3 Å². The van der Waals surface area contributed by atoms with Crippen molar-refractivity contribution >= 4 is 23.3 Å². The Morgan fingerprint density at radius 2 is 2.27 bits per heavy atom. The molecule has 0 radical (unpaired) electrons. The van der Waals surface area contributed by atoms with Gasteiger partial charge in [0.2, 0.25) is 0 Å². The quantitative estimate of drug-likeness (QED) is 0.834. The van der Waals surface area contributed by atoms with E-state index in [1.807, 2.05) is 30.1 Å². The molecule has 1 unspecified atom stereocenters. The summed E-state index contributed by atoms with van der Waals surface area (Å²) in [7, 11) is 2.11. The van der Waals surface area contributed by atoms with E-state index in [0.717, 1.165) is 17.9 Å². The largest absolute Gasteiger partial charge is 0.384 e. The third-order valence-corrected chi connectivity index (χ3v) is 3.27. The second kappa shape index (κ2) is 5.85. The zero-order chi connectivity index (χ0) is 11.3. The summed E-state index contributed by atoms with van der Waals surface area (Å²) in [5.41, 5.74) is 6.69. The van der Waals surface area contributed by atoms with Gasteiger partial charge in [-0.25, -0.2) is 4.98 Å². The topological polar surface area (TPSA) is 42.1 Å². The summed E-state index contributed by atoms with van der Waals surface area (Å²) < 4.78 is 0. The van der Waals surface area contributed by atoms with E-state index >= 15 is 0 Å². The number of hydrogen-bond donors (Lipinski definition) is 1. The summed E-state index contributed by atoms with van der Waals surface area (Å²) in [4.78, 5) is 6.37. The molecule has 1 aromatic rings. The molecule has 0 aliphatic rings. The van der Waals surface area contributed by atoms with Gasteiger partial charge in [-0.1, -0.05) is 6.92 Å². The van der Waals surface area contributed by atoms with Gasteiger partial charge in [0, 0.05) is 18.8 Å². The van der Waals surface area contributed by atoms with Crippen molar-refractivity contribution in [2.75, 3.05) is 29.7 Å². The normalized spacial score (nSPS) is 12.5. The van der Waals surface area contributed by atoms with Crippen molar-refractivity contribution in [1.29, 1.82) is 0 Å². The van der Waals surface area contributed by atoms with Gasteiger partial charge in [0.25, 0.3) is 0 Å². The first-order valence-corrected chi connectivity index (χ1v) is 6.51. The molecule has 4 heteroatoms. The second-order valence-corrected chi connectivity index (χ2v) is 4.48. The lowest BCUT2D eigenvalue weighted by Crippen LogP contribution is -2.33. The molecule has 0 aliphatic heterocycles. The predicted molar refractivity (Wildman–Crippen MR) is 69.5 cm³/mol. The van der Waals surface area contributed by atoms with Crippen LogP contribution in [0.15, 0.2) is 18.3 Å². The Balaban J connectivity index is 2.73. The third-order valence-electron chi connectivity index (χ3n) is 2.56. The second-order valence-electron chi connectivity index (χ2n) is 3.57. The Bertz CT molecular complexity index is 286. The summed E-state index contributed by atoms with van der Waals surface area (Å²) >= 11 is 1.87. The molecule has 3 nitrogen and oxygen atoms in total. The van der Waals surface area contributed by atoms with E-state index in [1.165, 1.54) is 0 Å². The fourth-order valence-electron chi connectivity index (χ4n) is 1.51. The van der Waals surface area contributed by atoms with Crippen LogP contribution in [-0.4, -0.2) is 30.1 Å². The van der Waals surface area contributed by atoms with Crippen molar-refractivity contribution in [3.8, 4) is 0 Å². The summed E-state index contributed by atoms with van der Waals surface area (Å²) in [6.07, 6.45) is 5.11. The molecule has 1 aromatic heterocycles. The van der Waals surface area contributed by atoms with Crippen molar-refractivity contribution in [3.05, 3.63) is 18.3 Å². The molecule has 0 saturated carbocycles. The van der Waals surface area contributed by atoms with E-state index in [1.54, 1.807) is 0 Å². The molecule has 0 amide bonds. The molecular weight excluding hydrogens is 206 g/mol. The first-order valence-electron chi connectivity index (χ1n) is 5.12. The smallest absolute Gasteiger partial charge is 0.123 e. The van der Waals surface area contributed by atoms with Crippen LogP contribution in [0, 0.1) is 0 Å². The number of nitrogens with zero attached hydrogens (tertiary/aromatic N) is 2. The number of nitrogen functional groups attached to an aromatic ring is 1. The Labute approximate surface area is 96.1 Å². The Morgan fingerprint density at radius 1 is 1.53 bits per heavy atom. The van der Waals surface area contributed by atoms with E-state index in [0.29, 0.717) is 11.9 Å². The maximum Gasteiger partial charge on any atom is 0.123 e. The van der Waals surface area contributed by atoms with Gasteiger partial charge in [-0.2, -0.15) is 11.8 Å². The van der Waals surface area contributed by atoms with Gasteiger partial charge in [0.1, 0.15) is 5.82 Å². The van der Waals surface area contributed by atoms with Crippen LogP contribution in [0.5, 0.6) is 0 Å². The van der Waals surface area contributed by atoms with Gasteiger partial charge < -0.3 is 10.6 Å². The number of pyridine rings is 1. The van der Waals surface area contributed by atoms with Crippen molar-refractivity contribution in [1.82, 2.24) is 4.98 Å². The van der Waals surface area contributed by atoms with Gasteiger partial charge in [0.15, 0.2) is 0 Å². The van der Waals surface area contributed by atoms with Gasteiger partial charge >= 0.3 is 0 Å². The first kappa shape index (κ1) is 12.2. The lowest BCUT2D eigenvalue weighted by molar-refractivity contribution is 0.672. The molecule has 0 saturated heterocycles. The summed E-state index contributed by atoms with van der Waals surface area (Å²) in [5.74, 6) is 1.71. The highest BCUT2D eigenvalue weighted by molar-refractivity contribution is 7.98. The Hall–Kier alpha value is -0.900. The lowest BCUT2D eigenvalue weighted by Gasteiger charge is -2.28. The maximum absolute atomic E-state index is 5.56. The van der Waals surface area contributed by atoms with Crippen LogP contribution >= 0.6 is 11.8 Å². The zero-order valence-electron chi connectivity index (χ0n) is 9.60. The average molecular weight is 225 g/mol. The summed E-state index contributed by atoms with van der Waals surface area (Å²) in [6, 6.07) is 4.42. The van der Waals surface area contributed by atoms with E-state index in [9.17, 15) is 0 Å². The monoisotopic (exact) mass is 225 g/mol. The Morgan fingerprint density at radius 3 is 2.73 bits per heavy atom. The minimum atomic E-state index is 0.561. The van der Waals surface area contributed by atoms with Gasteiger partial charge in [0.05, 0.1) is 11.9 Å². The lowest BCUT2D eigenvalue weighted by atomic mass is 10.2. The van der Waals surface area contributed by atoms with E-state index in [2.05, 4.69) is 30.1 Å². The molecule has 15 heavy (non-hydrogen) atoms. The molecular formula is C11H19N3S. The number of nitrogens with two attached hydrogens (primary N) is 1. The highest BCUT2D eigenvalue weighted by Crippen LogP contribution is 2.18. The third kappa shape index (κ3) is 3.30. The van der Waals surface area contributed by atoms with Crippen LogP contribution in [0.2, 0.25) is 0 Å². The van der Waals surface area contributed by atoms with Crippen LogP contribution in [0.3, 0.4) is 0 Å². The summed E-state index contributed by atoms with van der Waals surface area (Å²) in [5, 5.41) is 0. The van der Waals surface area contributed by atoms with Crippen molar-refractivity contribution in [3.63, 3.8) is 0 Å². The van der Waals surface area contributed by atoms with Crippen LogP contribution < -0.4 is 10.6 Å². The van der Waals surface area contributed by atoms with Gasteiger partial charge in [-0.3, -0.25) is 0 Å². The Kier molecular flexibility index (Phi) is 4.75. The van der Waals surface area contributed by atoms with Crippen LogP contribution in [-0.2, 0) is 0 Å². The average Bonchev–Trinajstić information content (AvgIpc) is 2.26. The molecule has 84 valence electrons. The van der Waals surface area contributed by atoms with Crippen LogP contribution in [0.25, 0.3) is 0 Å². The molecule has 0 aromatic carbocycles. The van der Waals surface area contributed by atoms with E-state index in [4.69, 9.17) is 5.73 Å². The standard InChI is InChI=1S/C11H19N3S/c1-4-9(8-15-3)14(2)10-5-6-11(12)13-7-10/h5-7,9H,4,8H2,1-3H3,(H2,12,13). The zero-order valence-corrected chi connectivity index (χ0v) is 10.4. The number of anilines is 2. The molecule has 2 N–H and O–H groups in total. The molecule has 0 bridgehead atoms. The number of hydrogen-bond acceptors (Lipinski definition) is 4. The van der Waals surface area contributed by atoms with Crippen molar-refractivity contribution in [2.45, 2.75) is 19.4 Å². The van der Waals surface area contributed by atoms with Crippen molar-refractivity contribution < 1.29 is 0 Å². The molecule has 1 heterocycles. The maximum atomic E-state index is 5.56. The van der Waals surface area contributed by atoms with Gasteiger partial charge in [-0.15, -0.1) is 0 Å². The number of rotatable bonds is 5. The fourth-order valence-corrected chi connectivity index (χ4v) is 2.36. The highest BCUT2D eigenvalue weighted by atomic mass is 32.2. The van der Waals surface area contributed by atoms with Gasteiger partial charge in [-0.05, 0) is 24.8 Å². The minimum absolute atomic E-state index is 0.561. The summed E-state index contributed by atoms with van der Waals surface area (Å²) in [6.45, 7) is 2.21. The minimum Gasteiger partial charge on any atom is -0.384 e.